The molecule has 1 amide bonds. The van der Waals surface area contributed by atoms with Crippen molar-refractivity contribution in [3.05, 3.63) is 57.4 Å². The van der Waals surface area contributed by atoms with Gasteiger partial charge in [-0.2, -0.15) is 0 Å². The first-order valence-electron chi connectivity index (χ1n) is 8.45. The first kappa shape index (κ1) is 19.6. The molecule has 2 aromatic rings. The number of carbonyl (C=O) groups is 1. The monoisotopic (exact) mass is 361 g/mol. The molecule has 0 aliphatic rings. The van der Waals surface area contributed by atoms with Crippen LogP contribution in [-0.2, 0) is 17.7 Å². The van der Waals surface area contributed by atoms with Gasteiger partial charge in [-0.05, 0) is 51.8 Å². The predicted molar refractivity (Wildman–Crippen MR) is 97.8 cm³/mol. The summed E-state index contributed by atoms with van der Waals surface area (Å²) in [6, 6.07) is 4.68. The lowest BCUT2D eigenvalue weighted by atomic mass is 10.1. The third-order valence-corrected chi connectivity index (χ3v) is 3.73. The van der Waals surface area contributed by atoms with Crippen molar-refractivity contribution < 1.29 is 13.9 Å². The summed E-state index contributed by atoms with van der Waals surface area (Å²) in [5, 5.41) is 0. The number of halogens is 1. The molecule has 0 spiro atoms. The van der Waals surface area contributed by atoms with E-state index in [0.717, 1.165) is 29.9 Å². The van der Waals surface area contributed by atoms with Crippen LogP contribution >= 0.6 is 0 Å². The highest BCUT2D eigenvalue weighted by Crippen LogP contribution is 2.20. The topological polar surface area (TPSA) is 75.3 Å². The van der Waals surface area contributed by atoms with Gasteiger partial charge >= 0.3 is 6.09 Å². The van der Waals surface area contributed by atoms with Crippen molar-refractivity contribution in [3.63, 3.8) is 0 Å². The molecule has 6 nitrogen and oxygen atoms in total. The van der Waals surface area contributed by atoms with Crippen molar-refractivity contribution in [1.82, 2.24) is 9.97 Å². The quantitative estimate of drug-likeness (QED) is 0.900. The van der Waals surface area contributed by atoms with E-state index in [1.54, 1.807) is 26.8 Å². The maximum atomic E-state index is 13.5. The Bertz CT molecular complexity index is 856. The number of pyridine rings is 2. The predicted octanol–water partition coefficient (Wildman–Crippen LogP) is 3.72. The van der Waals surface area contributed by atoms with E-state index in [1.165, 1.54) is 4.90 Å². The van der Waals surface area contributed by atoms with E-state index in [9.17, 15) is 14.0 Å². The van der Waals surface area contributed by atoms with Crippen molar-refractivity contribution in [2.75, 3.05) is 4.90 Å². The number of hydrogen-bond acceptors (Lipinski definition) is 4. The van der Waals surface area contributed by atoms with Crippen LogP contribution in [0.2, 0.25) is 0 Å². The zero-order valence-electron chi connectivity index (χ0n) is 15.7. The summed E-state index contributed by atoms with van der Waals surface area (Å²) in [5.41, 5.74) is 0.757. The van der Waals surface area contributed by atoms with E-state index in [-0.39, 0.29) is 12.1 Å². The normalized spacial score (nSPS) is 11.3. The van der Waals surface area contributed by atoms with Gasteiger partial charge in [-0.1, -0.05) is 13.0 Å². The van der Waals surface area contributed by atoms with Crippen molar-refractivity contribution in [1.29, 1.82) is 0 Å². The Balaban J connectivity index is 2.45. The molecular formula is C19H24FN3O3. The second-order valence-electron chi connectivity index (χ2n) is 7.01. The fourth-order valence-corrected chi connectivity index (χ4v) is 2.45. The Hall–Kier alpha value is -2.70. The van der Waals surface area contributed by atoms with E-state index < -0.39 is 23.1 Å². The minimum Gasteiger partial charge on any atom is -0.443 e. The molecule has 0 fully saturated rings. The van der Waals surface area contributed by atoms with Crippen molar-refractivity contribution >= 4 is 11.9 Å². The van der Waals surface area contributed by atoms with E-state index >= 15 is 0 Å². The van der Waals surface area contributed by atoms with Crippen LogP contribution in [0.4, 0.5) is 15.0 Å². The van der Waals surface area contributed by atoms with E-state index in [0.29, 0.717) is 5.82 Å². The van der Waals surface area contributed by atoms with Crippen molar-refractivity contribution in [2.45, 2.75) is 53.2 Å². The Morgan fingerprint density at radius 2 is 2.00 bits per heavy atom. The fourth-order valence-electron chi connectivity index (χ4n) is 2.45. The largest absolute Gasteiger partial charge is 0.443 e. The number of nitrogens with one attached hydrogen (secondary N) is 1. The number of aromatic amines is 1. The van der Waals surface area contributed by atoms with Gasteiger partial charge in [0.1, 0.15) is 17.2 Å². The zero-order valence-corrected chi connectivity index (χ0v) is 15.7. The van der Waals surface area contributed by atoms with Crippen molar-refractivity contribution in [3.8, 4) is 0 Å². The Morgan fingerprint density at radius 1 is 1.31 bits per heavy atom. The first-order chi connectivity index (χ1) is 12.1. The van der Waals surface area contributed by atoms with Gasteiger partial charge in [-0.3, -0.25) is 9.69 Å². The standard InChI is InChI=1S/C19H24FN3O3/c1-6-13-7-8-16(22-12(13)2)23(18(25)26-19(3,4)5)11-14-9-15(20)10-21-17(14)24/h7-10H,6,11H2,1-5H3,(H,21,24). The lowest BCUT2D eigenvalue weighted by Crippen LogP contribution is -2.38. The third-order valence-electron chi connectivity index (χ3n) is 3.73. The lowest BCUT2D eigenvalue weighted by Gasteiger charge is -2.27. The first-order valence-corrected chi connectivity index (χ1v) is 8.45. The number of H-pyrrole nitrogens is 1. The van der Waals surface area contributed by atoms with Gasteiger partial charge in [0.15, 0.2) is 0 Å². The summed E-state index contributed by atoms with van der Waals surface area (Å²) in [5.74, 6) is -0.244. The second kappa shape index (κ2) is 7.68. The number of carbonyl (C=O) groups excluding carboxylic acids is 1. The molecule has 26 heavy (non-hydrogen) atoms. The summed E-state index contributed by atoms with van der Waals surface area (Å²) < 4.78 is 18.9. The molecule has 2 rings (SSSR count). The van der Waals surface area contributed by atoms with Crippen LogP contribution in [0.3, 0.4) is 0 Å². The molecule has 7 heteroatoms. The molecule has 0 aliphatic heterocycles. The highest BCUT2D eigenvalue weighted by Gasteiger charge is 2.25. The van der Waals surface area contributed by atoms with Crippen LogP contribution < -0.4 is 10.5 Å². The highest BCUT2D eigenvalue weighted by atomic mass is 19.1. The Kier molecular flexibility index (Phi) is 5.79. The number of aryl methyl sites for hydroxylation is 2. The summed E-state index contributed by atoms with van der Waals surface area (Å²) in [7, 11) is 0. The van der Waals surface area contributed by atoms with Gasteiger partial charge in [0.2, 0.25) is 0 Å². The van der Waals surface area contributed by atoms with Crippen LogP contribution in [0.1, 0.15) is 44.5 Å². The zero-order chi connectivity index (χ0) is 19.5. The summed E-state index contributed by atoms with van der Waals surface area (Å²) in [4.78, 5) is 32.7. The minimum atomic E-state index is -0.720. The number of amides is 1. The number of rotatable bonds is 4. The summed E-state index contributed by atoms with van der Waals surface area (Å²) >= 11 is 0. The molecular weight excluding hydrogens is 337 g/mol. The van der Waals surface area contributed by atoms with Crippen LogP contribution in [-0.4, -0.2) is 21.7 Å². The lowest BCUT2D eigenvalue weighted by molar-refractivity contribution is 0.0576. The van der Waals surface area contributed by atoms with E-state index in [2.05, 4.69) is 9.97 Å². The van der Waals surface area contributed by atoms with Gasteiger partial charge in [0.25, 0.3) is 5.56 Å². The Morgan fingerprint density at radius 3 is 2.58 bits per heavy atom. The highest BCUT2D eigenvalue weighted by molar-refractivity contribution is 5.86. The third kappa shape index (κ3) is 4.91. The van der Waals surface area contributed by atoms with Crippen LogP contribution in [0, 0.1) is 12.7 Å². The fraction of sp³-hybridized carbons (Fsp3) is 0.421. The molecule has 0 saturated carbocycles. The molecule has 0 saturated heterocycles. The molecule has 0 radical (unpaired) electrons. The smallest absolute Gasteiger partial charge is 0.416 e. The maximum absolute atomic E-state index is 13.5. The SMILES string of the molecule is CCc1ccc(N(Cc2cc(F)c[nH]c2=O)C(=O)OC(C)(C)C)nc1C. The maximum Gasteiger partial charge on any atom is 0.416 e. The molecule has 2 heterocycles. The average Bonchev–Trinajstić information content (AvgIpc) is 2.53. The van der Waals surface area contributed by atoms with E-state index in [4.69, 9.17) is 4.74 Å². The number of anilines is 1. The number of ether oxygens (including phenoxy) is 1. The van der Waals surface area contributed by atoms with Crippen LogP contribution in [0.5, 0.6) is 0 Å². The summed E-state index contributed by atoms with van der Waals surface area (Å²) in [6.45, 7) is 8.96. The average molecular weight is 361 g/mol. The molecule has 0 bridgehead atoms. The Labute approximate surface area is 152 Å². The van der Waals surface area contributed by atoms with Crippen LogP contribution in [0.15, 0.2) is 29.2 Å². The molecule has 0 aliphatic carbocycles. The van der Waals surface area contributed by atoms with Gasteiger partial charge < -0.3 is 9.72 Å². The molecule has 0 atom stereocenters. The number of hydrogen-bond donors (Lipinski definition) is 1. The van der Waals surface area contributed by atoms with Gasteiger partial charge in [-0.25, -0.2) is 14.2 Å². The number of nitrogens with zero attached hydrogens (tertiary/aromatic N) is 2. The second-order valence-corrected chi connectivity index (χ2v) is 7.01. The minimum absolute atomic E-state index is 0.106. The molecule has 1 N–H and O–H groups in total. The summed E-state index contributed by atoms with van der Waals surface area (Å²) in [6.07, 6.45) is 1.13. The van der Waals surface area contributed by atoms with Crippen LogP contribution in [0.25, 0.3) is 0 Å². The molecule has 0 unspecified atom stereocenters. The van der Waals surface area contributed by atoms with Crippen molar-refractivity contribution in [2.24, 2.45) is 0 Å². The number of aromatic nitrogens is 2. The van der Waals surface area contributed by atoms with Gasteiger partial charge in [-0.15, -0.1) is 0 Å². The molecule has 2 aromatic heterocycles. The van der Waals surface area contributed by atoms with Gasteiger partial charge in [0, 0.05) is 17.5 Å². The van der Waals surface area contributed by atoms with Gasteiger partial charge in [0.05, 0.1) is 6.54 Å². The van der Waals surface area contributed by atoms with E-state index in [1.807, 2.05) is 19.9 Å². The molecule has 140 valence electrons. The molecule has 0 aromatic carbocycles.